The van der Waals surface area contributed by atoms with E-state index in [9.17, 15) is 14.0 Å². The summed E-state index contributed by atoms with van der Waals surface area (Å²) in [7, 11) is 0. The van der Waals surface area contributed by atoms with Gasteiger partial charge in [0.25, 0.3) is 5.91 Å². The highest BCUT2D eigenvalue weighted by molar-refractivity contribution is 6.15. The minimum absolute atomic E-state index is 0. The standard InChI is InChI=1S/C20H21FN2O2.ClH/c1-13-18(7-4-12-22-13)23-20(25)17-6-3-2-5-16(17)19(24)14-8-10-15(21)11-9-14;/h2-3,5-6,8-11,13,18,22H,4,7,12H2,1H3,(H,23,25);1H. The molecule has 0 spiro atoms. The highest BCUT2D eigenvalue weighted by atomic mass is 35.5. The normalized spacial score (nSPS) is 19.3. The number of piperidine rings is 1. The van der Waals surface area contributed by atoms with Gasteiger partial charge in [-0.2, -0.15) is 0 Å². The van der Waals surface area contributed by atoms with E-state index >= 15 is 0 Å². The third kappa shape index (κ3) is 4.48. The molecule has 1 amide bonds. The molecule has 2 N–H and O–H groups in total. The Morgan fingerprint density at radius 3 is 2.38 bits per heavy atom. The molecule has 1 heterocycles. The predicted octanol–water partition coefficient (Wildman–Crippen LogP) is 3.35. The molecule has 3 rings (SSSR count). The maximum absolute atomic E-state index is 13.1. The number of amides is 1. The van der Waals surface area contributed by atoms with Crippen LogP contribution in [-0.4, -0.2) is 30.3 Å². The molecular formula is C20H22ClFN2O2. The second kappa shape index (κ2) is 8.92. The monoisotopic (exact) mass is 376 g/mol. The Morgan fingerprint density at radius 1 is 1.08 bits per heavy atom. The fourth-order valence-electron chi connectivity index (χ4n) is 3.12. The first-order chi connectivity index (χ1) is 12.1. The molecule has 1 aliphatic rings. The van der Waals surface area contributed by atoms with Crippen LogP contribution in [0.25, 0.3) is 0 Å². The van der Waals surface area contributed by atoms with Crippen LogP contribution in [0.4, 0.5) is 4.39 Å². The van der Waals surface area contributed by atoms with Crippen molar-refractivity contribution in [2.75, 3.05) is 6.54 Å². The molecule has 1 aliphatic heterocycles. The van der Waals surface area contributed by atoms with Gasteiger partial charge in [-0.15, -0.1) is 12.4 Å². The van der Waals surface area contributed by atoms with E-state index in [0.717, 1.165) is 19.4 Å². The van der Waals surface area contributed by atoms with Crippen LogP contribution in [0.2, 0.25) is 0 Å². The lowest BCUT2D eigenvalue weighted by Crippen LogP contribution is -2.52. The first-order valence-electron chi connectivity index (χ1n) is 8.50. The number of benzene rings is 2. The van der Waals surface area contributed by atoms with Crippen LogP contribution in [0.5, 0.6) is 0 Å². The Hall–Kier alpha value is -2.24. The van der Waals surface area contributed by atoms with Crippen LogP contribution < -0.4 is 10.6 Å². The van der Waals surface area contributed by atoms with Gasteiger partial charge < -0.3 is 10.6 Å². The van der Waals surface area contributed by atoms with Crippen LogP contribution in [-0.2, 0) is 0 Å². The number of ketones is 1. The average molecular weight is 377 g/mol. The zero-order valence-corrected chi connectivity index (χ0v) is 15.3. The van der Waals surface area contributed by atoms with E-state index in [1.807, 2.05) is 6.92 Å². The summed E-state index contributed by atoms with van der Waals surface area (Å²) in [6.07, 6.45) is 1.92. The van der Waals surface area contributed by atoms with Crippen LogP contribution in [0.15, 0.2) is 48.5 Å². The van der Waals surface area contributed by atoms with E-state index in [2.05, 4.69) is 10.6 Å². The average Bonchev–Trinajstić information content (AvgIpc) is 2.63. The number of carbonyl (C=O) groups excluding carboxylic acids is 2. The molecule has 2 unspecified atom stereocenters. The molecule has 2 aromatic rings. The Kier molecular flexibility index (Phi) is 6.89. The van der Waals surface area contributed by atoms with Gasteiger partial charge in [0.2, 0.25) is 0 Å². The summed E-state index contributed by atoms with van der Waals surface area (Å²) < 4.78 is 13.1. The maximum Gasteiger partial charge on any atom is 0.252 e. The van der Waals surface area contributed by atoms with Gasteiger partial charge in [0.15, 0.2) is 5.78 Å². The number of rotatable bonds is 4. The van der Waals surface area contributed by atoms with Gasteiger partial charge in [-0.3, -0.25) is 9.59 Å². The zero-order chi connectivity index (χ0) is 17.8. The molecular weight excluding hydrogens is 355 g/mol. The van der Waals surface area contributed by atoms with Gasteiger partial charge in [0.05, 0.1) is 5.56 Å². The van der Waals surface area contributed by atoms with E-state index in [1.54, 1.807) is 24.3 Å². The first kappa shape index (κ1) is 20.1. The van der Waals surface area contributed by atoms with Crippen molar-refractivity contribution in [1.82, 2.24) is 10.6 Å². The second-order valence-corrected chi connectivity index (χ2v) is 6.35. The Labute approximate surface area is 158 Å². The lowest BCUT2D eigenvalue weighted by molar-refractivity contribution is 0.0911. The summed E-state index contributed by atoms with van der Waals surface area (Å²) in [5.74, 6) is -0.950. The quantitative estimate of drug-likeness (QED) is 0.804. The third-order valence-electron chi connectivity index (χ3n) is 4.60. The summed E-state index contributed by atoms with van der Waals surface area (Å²) in [4.78, 5) is 25.4. The lowest BCUT2D eigenvalue weighted by Gasteiger charge is -2.30. The van der Waals surface area contributed by atoms with Crippen molar-refractivity contribution in [1.29, 1.82) is 0 Å². The Morgan fingerprint density at radius 2 is 1.73 bits per heavy atom. The molecule has 2 aromatic carbocycles. The first-order valence-corrected chi connectivity index (χ1v) is 8.50. The van der Waals surface area contributed by atoms with Crippen molar-refractivity contribution < 1.29 is 14.0 Å². The Bertz CT molecular complexity index is 780. The molecule has 138 valence electrons. The van der Waals surface area contributed by atoms with E-state index in [-0.39, 0.29) is 36.2 Å². The predicted molar refractivity (Wildman–Crippen MR) is 101 cm³/mol. The van der Waals surface area contributed by atoms with Crippen LogP contribution in [0.1, 0.15) is 46.0 Å². The van der Waals surface area contributed by atoms with Crippen LogP contribution in [0.3, 0.4) is 0 Å². The molecule has 1 fully saturated rings. The molecule has 4 nitrogen and oxygen atoms in total. The van der Waals surface area contributed by atoms with E-state index in [4.69, 9.17) is 0 Å². The molecule has 26 heavy (non-hydrogen) atoms. The third-order valence-corrected chi connectivity index (χ3v) is 4.60. The fraction of sp³-hybridized carbons (Fsp3) is 0.300. The van der Waals surface area contributed by atoms with E-state index in [1.165, 1.54) is 24.3 Å². The van der Waals surface area contributed by atoms with Crippen molar-refractivity contribution in [2.24, 2.45) is 0 Å². The summed E-state index contributed by atoms with van der Waals surface area (Å²) in [5.41, 5.74) is 1.02. The number of hydrogen-bond acceptors (Lipinski definition) is 3. The van der Waals surface area contributed by atoms with Crippen molar-refractivity contribution in [3.63, 3.8) is 0 Å². The topological polar surface area (TPSA) is 58.2 Å². The molecule has 2 atom stereocenters. The van der Waals surface area contributed by atoms with E-state index in [0.29, 0.717) is 16.7 Å². The van der Waals surface area contributed by atoms with Gasteiger partial charge >= 0.3 is 0 Å². The molecule has 6 heteroatoms. The zero-order valence-electron chi connectivity index (χ0n) is 14.5. The lowest BCUT2D eigenvalue weighted by atomic mass is 9.96. The van der Waals surface area contributed by atoms with E-state index < -0.39 is 5.82 Å². The number of hydrogen-bond donors (Lipinski definition) is 2. The molecule has 0 aromatic heterocycles. The van der Waals surface area contributed by atoms with Gasteiger partial charge in [-0.1, -0.05) is 18.2 Å². The molecule has 0 radical (unpaired) electrons. The highest BCUT2D eigenvalue weighted by Gasteiger charge is 2.25. The smallest absolute Gasteiger partial charge is 0.252 e. The summed E-state index contributed by atoms with van der Waals surface area (Å²) in [6, 6.07) is 12.3. The minimum Gasteiger partial charge on any atom is -0.348 e. The van der Waals surface area contributed by atoms with Gasteiger partial charge in [-0.25, -0.2) is 4.39 Å². The Balaban J connectivity index is 0.00000243. The molecule has 0 saturated carbocycles. The molecule has 1 saturated heterocycles. The summed E-state index contributed by atoms with van der Waals surface area (Å²) in [6.45, 7) is 2.99. The SMILES string of the molecule is CC1NCCCC1NC(=O)c1ccccc1C(=O)c1ccc(F)cc1.Cl. The number of halogens is 2. The minimum atomic E-state index is -0.402. The summed E-state index contributed by atoms with van der Waals surface area (Å²) >= 11 is 0. The summed E-state index contributed by atoms with van der Waals surface area (Å²) in [5, 5.41) is 6.37. The van der Waals surface area contributed by atoms with Crippen molar-refractivity contribution in [2.45, 2.75) is 31.8 Å². The highest BCUT2D eigenvalue weighted by Crippen LogP contribution is 2.17. The van der Waals surface area contributed by atoms with Crippen LogP contribution in [0, 0.1) is 5.82 Å². The van der Waals surface area contributed by atoms with Gasteiger partial charge in [-0.05, 0) is 56.6 Å². The van der Waals surface area contributed by atoms with Crippen molar-refractivity contribution in [3.05, 3.63) is 71.0 Å². The van der Waals surface area contributed by atoms with Gasteiger partial charge in [0.1, 0.15) is 5.82 Å². The fourth-order valence-corrected chi connectivity index (χ4v) is 3.12. The molecule has 0 bridgehead atoms. The number of carbonyl (C=O) groups is 2. The number of nitrogens with one attached hydrogen (secondary N) is 2. The van der Waals surface area contributed by atoms with Crippen LogP contribution >= 0.6 is 12.4 Å². The van der Waals surface area contributed by atoms with Crippen molar-refractivity contribution >= 4 is 24.1 Å². The second-order valence-electron chi connectivity index (χ2n) is 6.35. The van der Waals surface area contributed by atoms with Gasteiger partial charge in [0, 0.05) is 23.2 Å². The molecule has 0 aliphatic carbocycles. The van der Waals surface area contributed by atoms with Crippen molar-refractivity contribution in [3.8, 4) is 0 Å². The maximum atomic E-state index is 13.1. The largest absolute Gasteiger partial charge is 0.348 e.